The first kappa shape index (κ1) is 16.8. The molecule has 1 atom stereocenters. The van der Waals surface area contributed by atoms with E-state index in [1.807, 2.05) is 25.1 Å². The first-order valence-electron chi connectivity index (χ1n) is 8.93. The SMILES string of the molecule is Cc1nc(S(=O)(=O)NC2CNCCc3ccccc32)c2n1CCCC2. The van der Waals surface area contributed by atoms with Crippen LogP contribution in [-0.2, 0) is 29.4 Å². The largest absolute Gasteiger partial charge is 0.331 e. The minimum absolute atomic E-state index is 0.214. The average Bonchev–Trinajstić information content (AvgIpc) is 2.83. The molecule has 2 aromatic rings. The van der Waals surface area contributed by atoms with E-state index in [-0.39, 0.29) is 11.1 Å². The summed E-state index contributed by atoms with van der Waals surface area (Å²) in [6.07, 6.45) is 3.78. The maximum Gasteiger partial charge on any atom is 0.260 e. The minimum atomic E-state index is -3.66. The van der Waals surface area contributed by atoms with Gasteiger partial charge < -0.3 is 9.88 Å². The van der Waals surface area contributed by atoms with Gasteiger partial charge in [0.05, 0.1) is 11.7 Å². The monoisotopic (exact) mass is 360 g/mol. The summed E-state index contributed by atoms with van der Waals surface area (Å²) < 4.78 is 31.1. The van der Waals surface area contributed by atoms with Crippen molar-refractivity contribution in [1.82, 2.24) is 19.6 Å². The highest BCUT2D eigenvalue weighted by molar-refractivity contribution is 7.89. The van der Waals surface area contributed by atoms with Gasteiger partial charge in [-0.2, -0.15) is 0 Å². The fraction of sp³-hybridized carbons (Fsp3) is 0.500. The normalized spacial score (nSPS) is 20.6. The Kier molecular flexibility index (Phi) is 4.39. The van der Waals surface area contributed by atoms with Crippen LogP contribution in [0.2, 0.25) is 0 Å². The third kappa shape index (κ3) is 3.12. The number of fused-ring (bicyclic) bond motifs is 2. The Morgan fingerprint density at radius 1 is 1.24 bits per heavy atom. The van der Waals surface area contributed by atoms with Crippen LogP contribution >= 0.6 is 0 Å². The smallest absolute Gasteiger partial charge is 0.260 e. The van der Waals surface area contributed by atoms with E-state index in [9.17, 15) is 8.42 Å². The second-order valence-corrected chi connectivity index (χ2v) is 8.48. The van der Waals surface area contributed by atoms with Crippen molar-refractivity contribution in [3.63, 3.8) is 0 Å². The molecule has 0 spiro atoms. The van der Waals surface area contributed by atoms with E-state index >= 15 is 0 Å². The summed E-state index contributed by atoms with van der Waals surface area (Å²) in [6, 6.07) is 7.79. The van der Waals surface area contributed by atoms with Crippen molar-refractivity contribution < 1.29 is 8.42 Å². The second-order valence-electron chi connectivity index (χ2n) is 6.85. The van der Waals surface area contributed by atoms with Crippen LogP contribution in [0.25, 0.3) is 0 Å². The Balaban J connectivity index is 1.69. The Hall–Kier alpha value is -1.70. The predicted octanol–water partition coefficient (Wildman–Crippen LogP) is 1.69. The van der Waals surface area contributed by atoms with Crippen LogP contribution in [0, 0.1) is 6.92 Å². The third-order valence-electron chi connectivity index (χ3n) is 5.17. The highest BCUT2D eigenvalue weighted by atomic mass is 32.2. The van der Waals surface area contributed by atoms with Crippen LogP contribution in [-0.4, -0.2) is 31.1 Å². The summed E-state index contributed by atoms with van der Waals surface area (Å²) in [7, 11) is -3.66. The van der Waals surface area contributed by atoms with E-state index in [1.54, 1.807) is 0 Å². The van der Waals surface area contributed by atoms with Crippen molar-refractivity contribution in [2.75, 3.05) is 13.1 Å². The molecule has 2 aliphatic rings. The van der Waals surface area contributed by atoms with Crippen LogP contribution < -0.4 is 10.0 Å². The van der Waals surface area contributed by atoms with Gasteiger partial charge in [-0.1, -0.05) is 24.3 Å². The number of hydrogen-bond donors (Lipinski definition) is 2. The Bertz CT molecular complexity index is 888. The molecule has 1 aromatic heterocycles. The van der Waals surface area contributed by atoms with Gasteiger partial charge >= 0.3 is 0 Å². The quantitative estimate of drug-likeness (QED) is 0.873. The lowest BCUT2D eigenvalue weighted by atomic mass is 10.0. The van der Waals surface area contributed by atoms with E-state index in [2.05, 4.69) is 25.7 Å². The summed E-state index contributed by atoms with van der Waals surface area (Å²) in [5.41, 5.74) is 3.11. The van der Waals surface area contributed by atoms with E-state index in [4.69, 9.17) is 0 Å². The zero-order chi connectivity index (χ0) is 17.4. The molecule has 0 saturated carbocycles. The molecular weight excluding hydrogens is 336 g/mol. The zero-order valence-electron chi connectivity index (χ0n) is 14.5. The summed E-state index contributed by atoms with van der Waals surface area (Å²) in [6.45, 7) is 4.19. The maximum atomic E-state index is 13.1. The van der Waals surface area contributed by atoms with Crippen molar-refractivity contribution in [2.45, 2.75) is 50.2 Å². The van der Waals surface area contributed by atoms with E-state index in [1.165, 1.54) is 5.56 Å². The van der Waals surface area contributed by atoms with Crippen molar-refractivity contribution in [1.29, 1.82) is 0 Å². The number of nitrogens with one attached hydrogen (secondary N) is 2. The van der Waals surface area contributed by atoms with Gasteiger partial charge in [0.15, 0.2) is 5.03 Å². The molecule has 2 aliphatic heterocycles. The summed E-state index contributed by atoms with van der Waals surface area (Å²) in [4.78, 5) is 4.40. The van der Waals surface area contributed by atoms with Crippen LogP contribution in [0.5, 0.6) is 0 Å². The second kappa shape index (κ2) is 6.55. The molecular formula is C18H24N4O2S. The van der Waals surface area contributed by atoms with Gasteiger partial charge in [0.25, 0.3) is 10.0 Å². The molecule has 2 N–H and O–H groups in total. The van der Waals surface area contributed by atoms with Gasteiger partial charge in [-0.25, -0.2) is 18.1 Å². The van der Waals surface area contributed by atoms with Crippen molar-refractivity contribution >= 4 is 10.0 Å². The molecule has 134 valence electrons. The summed E-state index contributed by atoms with van der Waals surface area (Å²) in [5, 5.41) is 3.55. The number of imidazole rings is 1. The van der Waals surface area contributed by atoms with Crippen LogP contribution in [0.1, 0.15) is 41.5 Å². The van der Waals surface area contributed by atoms with E-state index < -0.39 is 10.0 Å². The number of benzene rings is 1. The van der Waals surface area contributed by atoms with E-state index in [0.717, 1.165) is 55.9 Å². The number of sulfonamides is 1. The van der Waals surface area contributed by atoms with Crippen LogP contribution in [0.3, 0.4) is 0 Å². The maximum absolute atomic E-state index is 13.1. The number of hydrogen-bond acceptors (Lipinski definition) is 4. The number of rotatable bonds is 3. The molecule has 1 unspecified atom stereocenters. The van der Waals surface area contributed by atoms with Crippen molar-refractivity contribution in [3.8, 4) is 0 Å². The molecule has 25 heavy (non-hydrogen) atoms. The van der Waals surface area contributed by atoms with Crippen LogP contribution in [0.15, 0.2) is 29.3 Å². The van der Waals surface area contributed by atoms with Gasteiger partial charge in [-0.15, -0.1) is 0 Å². The highest BCUT2D eigenvalue weighted by Gasteiger charge is 2.30. The molecule has 0 radical (unpaired) electrons. The predicted molar refractivity (Wildman–Crippen MR) is 96.0 cm³/mol. The molecule has 0 saturated heterocycles. The molecule has 6 nitrogen and oxygen atoms in total. The van der Waals surface area contributed by atoms with Crippen molar-refractivity contribution in [3.05, 3.63) is 46.9 Å². The molecule has 3 heterocycles. The van der Waals surface area contributed by atoms with Gasteiger partial charge in [-0.05, 0) is 50.3 Å². The molecule has 0 aliphatic carbocycles. The van der Waals surface area contributed by atoms with Crippen molar-refractivity contribution in [2.24, 2.45) is 0 Å². The lowest BCUT2D eigenvalue weighted by molar-refractivity contribution is 0.510. The Labute approximate surface area is 148 Å². The average molecular weight is 360 g/mol. The molecule has 1 aromatic carbocycles. The highest BCUT2D eigenvalue weighted by Crippen LogP contribution is 2.27. The Morgan fingerprint density at radius 3 is 2.96 bits per heavy atom. The van der Waals surface area contributed by atoms with Crippen LogP contribution in [0.4, 0.5) is 0 Å². The fourth-order valence-electron chi connectivity index (χ4n) is 3.93. The standard InChI is InChI=1S/C18H24N4O2S/c1-13-20-18(17-8-4-5-11-22(13)17)25(23,24)21-16-12-19-10-9-14-6-2-3-7-15(14)16/h2-3,6-7,16,19,21H,4-5,8-12H2,1H3. The Morgan fingerprint density at radius 2 is 2.08 bits per heavy atom. The topological polar surface area (TPSA) is 76.0 Å². The number of aryl methyl sites for hydroxylation is 1. The zero-order valence-corrected chi connectivity index (χ0v) is 15.3. The first-order valence-corrected chi connectivity index (χ1v) is 10.4. The lowest BCUT2D eigenvalue weighted by Crippen LogP contribution is -2.35. The molecule has 4 rings (SSSR count). The third-order valence-corrected chi connectivity index (χ3v) is 6.60. The molecule has 0 fully saturated rings. The fourth-order valence-corrected chi connectivity index (χ4v) is 5.40. The van der Waals surface area contributed by atoms with E-state index in [0.29, 0.717) is 6.54 Å². The molecule has 7 heteroatoms. The van der Waals surface area contributed by atoms with Gasteiger partial charge in [0.2, 0.25) is 0 Å². The van der Waals surface area contributed by atoms with Gasteiger partial charge in [0, 0.05) is 13.1 Å². The van der Waals surface area contributed by atoms with Gasteiger partial charge in [0.1, 0.15) is 5.82 Å². The minimum Gasteiger partial charge on any atom is -0.331 e. The number of nitrogens with zero attached hydrogens (tertiary/aromatic N) is 2. The molecule has 0 bridgehead atoms. The first-order chi connectivity index (χ1) is 12.1. The summed E-state index contributed by atoms with van der Waals surface area (Å²) in [5.74, 6) is 0.787. The van der Waals surface area contributed by atoms with Gasteiger partial charge in [-0.3, -0.25) is 0 Å². The summed E-state index contributed by atoms with van der Waals surface area (Å²) >= 11 is 0. The lowest BCUT2D eigenvalue weighted by Gasteiger charge is -2.20. The number of aromatic nitrogens is 2. The molecule has 0 amide bonds.